The number of hydrogen-bond donors (Lipinski definition) is 1. The van der Waals surface area contributed by atoms with Crippen LogP contribution in [0.1, 0.15) is 30.4 Å². The van der Waals surface area contributed by atoms with Gasteiger partial charge in [0.1, 0.15) is 4.70 Å². The minimum Gasteiger partial charge on any atom is -0.356 e. The quantitative estimate of drug-likeness (QED) is 0.384. The van der Waals surface area contributed by atoms with E-state index in [1.165, 1.54) is 16.9 Å². The summed E-state index contributed by atoms with van der Waals surface area (Å²) in [5, 5.41) is 5.04. The number of aromatic nitrogens is 2. The summed E-state index contributed by atoms with van der Waals surface area (Å²) in [6.45, 7) is 4.02. The smallest absolute Gasteiger partial charge is 0.277 e. The number of nitrogens with one attached hydrogen (secondary N) is 1. The molecule has 1 amide bonds. The van der Waals surface area contributed by atoms with Gasteiger partial charge in [-0.05, 0) is 61.7 Å². The topological polar surface area (TPSA) is 67.2 Å². The van der Waals surface area contributed by atoms with Crippen molar-refractivity contribution in [1.82, 2.24) is 14.9 Å². The lowest BCUT2D eigenvalue weighted by Crippen LogP contribution is -2.45. The maximum atomic E-state index is 13.5. The first-order valence-corrected chi connectivity index (χ1v) is 13.1. The average Bonchev–Trinajstić information content (AvgIpc) is 3.37. The Hall–Kier alpha value is -3.45. The third-order valence-corrected chi connectivity index (χ3v) is 7.51. The predicted octanol–water partition coefficient (Wildman–Crippen LogP) is 4.72. The molecule has 1 N–H and O–H groups in total. The number of aryl methyl sites for hydroxylation is 2. The van der Waals surface area contributed by atoms with E-state index in [1.54, 1.807) is 4.57 Å². The van der Waals surface area contributed by atoms with Gasteiger partial charge in [-0.15, -0.1) is 11.3 Å². The Labute approximate surface area is 209 Å². The van der Waals surface area contributed by atoms with Gasteiger partial charge in [0.2, 0.25) is 11.9 Å². The Bertz CT molecular complexity index is 1360. The molecule has 1 aliphatic heterocycles. The molecule has 0 aliphatic carbocycles. The minimum absolute atomic E-state index is 0.0589. The fraction of sp³-hybridized carbons (Fsp3) is 0.321. The zero-order valence-electron chi connectivity index (χ0n) is 19.9. The molecule has 1 atom stereocenters. The first-order chi connectivity index (χ1) is 17.1. The van der Waals surface area contributed by atoms with Crippen LogP contribution in [-0.2, 0) is 11.2 Å². The number of anilines is 1. The van der Waals surface area contributed by atoms with Gasteiger partial charge < -0.3 is 10.2 Å². The monoisotopic (exact) mass is 486 g/mol. The van der Waals surface area contributed by atoms with Crippen molar-refractivity contribution in [2.75, 3.05) is 24.5 Å². The van der Waals surface area contributed by atoms with Crippen molar-refractivity contribution in [3.63, 3.8) is 0 Å². The molecule has 3 heterocycles. The van der Waals surface area contributed by atoms with Crippen molar-refractivity contribution in [2.45, 2.75) is 32.6 Å². The minimum atomic E-state index is -0.123. The number of benzene rings is 2. The van der Waals surface area contributed by atoms with Gasteiger partial charge in [-0.2, -0.15) is 0 Å². The van der Waals surface area contributed by atoms with Gasteiger partial charge in [-0.25, -0.2) is 9.55 Å². The molecule has 2 aromatic carbocycles. The van der Waals surface area contributed by atoms with Crippen molar-refractivity contribution < 1.29 is 4.79 Å². The summed E-state index contributed by atoms with van der Waals surface area (Å²) in [7, 11) is 0. The van der Waals surface area contributed by atoms with Crippen LogP contribution in [0, 0.1) is 12.8 Å². The summed E-state index contributed by atoms with van der Waals surface area (Å²) in [4.78, 5) is 33.5. The van der Waals surface area contributed by atoms with Crippen molar-refractivity contribution in [2.24, 2.45) is 5.92 Å². The zero-order valence-corrected chi connectivity index (χ0v) is 20.8. The summed E-state index contributed by atoms with van der Waals surface area (Å²) in [5.41, 5.74) is 3.87. The van der Waals surface area contributed by atoms with Gasteiger partial charge in [0.05, 0.1) is 17.1 Å². The van der Waals surface area contributed by atoms with Crippen molar-refractivity contribution >= 4 is 33.4 Å². The molecule has 0 saturated carbocycles. The average molecular weight is 487 g/mol. The number of amides is 1. The number of carbonyl (C=O) groups excluding carboxylic acids is 1. The Kier molecular flexibility index (Phi) is 6.95. The SMILES string of the molecule is Cc1ccc(-n2c(N3CCCC(C(=O)NCCCc4ccccc4)C3)nc3ccsc3c2=O)cc1. The largest absolute Gasteiger partial charge is 0.356 e. The van der Waals surface area contributed by atoms with Gasteiger partial charge >= 0.3 is 0 Å². The lowest BCUT2D eigenvalue weighted by Gasteiger charge is -2.34. The third kappa shape index (κ3) is 5.15. The van der Waals surface area contributed by atoms with E-state index in [0.29, 0.717) is 29.3 Å². The van der Waals surface area contributed by atoms with Crippen molar-refractivity contribution in [3.05, 3.63) is 87.5 Å². The number of rotatable bonds is 7. The van der Waals surface area contributed by atoms with Gasteiger partial charge in [0, 0.05) is 19.6 Å². The Morgan fingerprint density at radius 1 is 1.11 bits per heavy atom. The van der Waals surface area contributed by atoms with Crippen LogP contribution in [0.15, 0.2) is 70.8 Å². The molecule has 7 heteroatoms. The zero-order chi connectivity index (χ0) is 24.2. The molecule has 4 aromatic rings. The van der Waals surface area contributed by atoms with Crippen LogP contribution in [0.25, 0.3) is 15.9 Å². The molecule has 1 fully saturated rings. The molecule has 1 aliphatic rings. The third-order valence-electron chi connectivity index (χ3n) is 6.61. The summed E-state index contributed by atoms with van der Waals surface area (Å²) < 4.78 is 2.36. The van der Waals surface area contributed by atoms with Crippen molar-refractivity contribution in [3.8, 4) is 5.69 Å². The molecular formula is C28H30N4O2S. The molecule has 0 bridgehead atoms. The van der Waals surface area contributed by atoms with Crippen molar-refractivity contribution in [1.29, 1.82) is 0 Å². The highest BCUT2D eigenvalue weighted by atomic mass is 32.1. The molecule has 5 rings (SSSR count). The highest BCUT2D eigenvalue weighted by molar-refractivity contribution is 7.17. The van der Waals surface area contributed by atoms with E-state index >= 15 is 0 Å². The molecule has 1 unspecified atom stereocenters. The number of thiophene rings is 1. The van der Waals surface area contributed by atoms with Gasteiger partial charge in [-0.3, -0.25) is 9.59 Å². The molecule has 180 valence electrons. The summed E-state index contributed by atoms with van der Waals surface area (Å²) in [6, 6.07) is 20.2. The normalized spacial score (nSPS) is 15.9. The number of nitrogens with zero attached hydrogens (tertiary/aromatic N) is 3. The van der Waals surface area contributed by atoms with Crippen LogP contribution >= 0.6 is 11.3 Å². The van der Waals surface area contributed by atoms with Crippen LogP contribution in [-0.4, -0.2) is 35.1 Å². The van der Waals surface area contributed by atoms with E-state index in [9.17, 15) is 9.59 Å². The van der Waals surface area contributed by atoms with Gasteiger partial charge in [0.15, 0.2) is 0 Å². The first kappa shape index (κ1) is 23.3. The van der Waals surface area contributed by atoms with Crippen LogP contribution in [0.5, 0.6) is 0 Å². The predicted molar refractivity (Wildman–Crippen MR) is 143 cm³/mol. The second-order valence-electron chi connectivity index (χ2n) is 9.19. The second-order valence-corrected chi connectivity index (χ2v) is 10.1. The Balaban J connectivity index is 1.33. The van der Waals surface area contributed by atoms with E-state index in [4.69, 9.17) is 4.98 Å². The Morgan fingerprint density at radius 3 is 2.71 bits per heavy atom. The number of piperidine rings is 1. The lowest BCUT2D eigenvalue weighted by atomic mass is 9.97. The van der Waals surface area contributed by atoms with Crippen LogP contribution < -0.4 is 15.8 Å². The van der Waals surface area contributed by atoms with Gasteiger partial charge in [-0.1, -0.05) is 48.0 Å². The first-order valence-electron chi connectivity index (χ1n) is 12.2. The maximum absolute atomic E-state index is 13.5. The molecular weight excluding hydrogens is 456 g/mol. The molecule has 0 spiro atoms. The van der Waals surface area contributed by atoms with E-state index in [-0.39, 0.29) is 17.4 Å². The van der Waals surface area contributed by atoms with E-state index in [0.717, 1.165) is 43.5 Å². The Morgan fingerprint density at radius 2 is 1.91 bits per heavy atom. The molecule has 0 radical (unpaired) electrons. The number of carbonyl (C=O) groups is 1. The number of fused-ring (bicyclic) bond motifs is 1. The summed E-state index contributed by atoms with van der Waals surface area (Å²) >= 11 is 1.42. The maximum Gasteiger partial charge on any atom is 0.277 e. The fourth-order valence-corrected chi connectivity index (χ4v) is 5.46. The van der Waals surface area contributed by atoms with E-state index in [1.807, 2.05) is 60.8 Å². The standard InChI is InChI=1S/C28H30N4O2S/c1-20-11-13-23(14-12-20)32-27(34)25-24(15-18-35-25)30-28(32)31-17-6-10-22(19-31)26(33)29-16-5-9-21-7-3-2-4-8-21/h2-4,7-8,11-15,18,22H,5-6,9-10,16-17,19H2,1H3,(H,29,33). The van der Waals surface area contributed by atoms with Gasteiger partial charge in [0.25, 0.3) is 5.56 Å². The van der Waals surface area contributed by atoms with E-state index in [2.05, 4.69) is 22.3 Å². The highest BCUT2D eigenvalue weighted by Crippen LogP contribution is 2.26. The molecule has 2 aromatic heterocycles. The molecule has 1 saturated heterocycles. The molecule has 6 nitrogen and oxygen atoms in total. The number of hydrogen-bond acceptors (Lipinski definition) is 5. The van der Waals surface area contributed by atoms with E-state index < -0.39 is 0 Å². The van der Waals surface area contributed by atoms with Crippen LogP contribution in [0.3, 0.4) is 0 Å². The summed E-state index contributed by atoms with van der Waals surface area (Å²) in [6.07, 6.45) is 3.59. The van der Waals surface area contributed by atoms with Crippen LogP contribution in [0.4, 0.5) is 5.95 Å². The second kappa shape index (κ2) is 10.4. The highest BCUT2D eigenvalue weighted by Gasteiger charge is 2.29. The summed E-state index contributed by atoms with van der Waals surface area (Å²) in [5.74, 6) is 0.581. The lowest BCUT2D eigenvalue weighted by molar-refractivity contribution is -0.125. The van der Waals surface area contributed by atoms with Crippen LogP contribution in [0.2, 0.25) is 0 Å². The fourth-order valence-electron chi connectivity index (χ4n) is 4.71. The molecule has 35 heavy (non-hydrogen) atoms.